The van der Waals surface area contributed by atoms with Crippen molar-refractivity contribution >= 4 is 21.9 Å². The summed E-state index contributed by atoms with van der Waals surface area (Å²) in [4.78, 5) is 13.1. The largest absolute Gasteiger partial charge is 0.480 e. The van der Waals surface area contributed by atoms with Gasteiger partial charge < -0.3 is 9.84 Å². The molecule has 0 bridgehead atoms. The van der Waals surface area contributed by atoms with Crippen LogP contribution < -0.4 is 0 Å². The highest BCUT2D eigenvalue weighted by Gasteiger charge is 2.29. The Bertz CT molecular complexity index is 225. The highest BCUT2D eigenvalue weighted by Crippen LogP contribution is 2.17. The number of ether oxygens (including phenoxy) is 1. The van der Waals surface area contributed by atoms with E-state index in [2.05, 4.69) is 26.0 Å². The first-order chi connectivity index (χ1) is 6.00. The van der Waals surface area contributed by atoms with Gasteiger partial charge in [-0.25, -0.2) is 0 Å². The lowest BCUT2D eigenvalue weighted by atomic mass is 10.2. The number of carboxylic acid groups (broad SMARTS) is 1. The van der Waals surface area contributed by atoms with Crippen molar-refractivity contribution in [2.24, 2.45) is 5.11 Å². The van der Waals surface area contributed by atoms with E-state index >= 15 is 0 Å². The lowest BCUT2D eigenvalue weighted by Crippen LogP contribution is -2.33. The molecule has 0 saturated carbocycles. The Kier molecular flexibility index (Phi) is 5.45. The summed E-state index contributed by atoms with van der Waals surface area (Å²) in [7, 11) is 0. The first kappa shape index (κ1) is 12.2. The van der Waals surface area contributed by atoms with Crippen LogP contribution in [0.4, 0.5) is 0 Å². The summed E-state index contributed by atoms with van der Waals surface area (Å²) >= 11 is 2.99. The Morgan fingerprint density at radius 3 is 2.92 bits per heavy atom. The molecular weight excluding hydrogens is 242 g/mol. The fourth-order valence-corrected chi connectivity index (χ4v) is 0.638. The van der Waals surface area contributed by atoms with Crippen molar-refractivity contribution in [1.82, 2.24) is 0 Å². The van der Waals surface area contributed by atoms with Gasteiger partial charge in [-0.2, -0.15) is 0 Å². The molecule has 0 aromatic carbocycles. The predicted octanol–water partition coefficient (Wildman–Crippen LogP) is 1.55. The van der Waals surface area contributed by atoms with Crippen LogP contribution in [0, 0.1) is 0 Å². The summed E-state index contributed by atoms with van der Waals surface area (Å²) in [6.07, 6.45) is 0. The first-order valence-electron chi connectivity index (χ1n) is 3.51. The molecule has 0 spiro atoms. The monoisotopic (exact) mass is 251 g/mol. The zero-order valence-electron chi connectivity index (χ0n) is 7.10. The van der Waals surface area contributed by atoms with Gasteiger partial charge in [0.1, 0.15) is 4.32 Å². The van der Waals surface area contributed by atoms with Crippen molar-refractivity contribution < 1.29 is 14.6 Å². The lowest BCUT2D eigenvalue weighted by Gasteiger charge is -2.16. The van der Waals surface area contributed by atoms with E-state index < -0.39 is 10.3 Å². The molecule has 1 N–H and O–H groups in total. The van der Waals surface area contributed by atoms with Crippen molar-refractivity contribution in [1.29, 1.82) is 0 Å². The van der Waals surface area contributed by atoms with Crippen LogP contribution in [0.2, 0.25) is 0 Å². The highest BCUT2D eigenvalue weighted by molar-refractivity contribution is 9.10. The minimum Gasteiger partial charge on any atom is -0.480 e. The fraction of sp³-hybridized carbons (Fsp3) is 0.833. The summed E-state index contributed by atoms with van der Waals surface area (Å²) < 4.78 is 3.89. The minimum atomic E-state index is -1.08. The molecule has 0 aromatic heterocycles. The van der Waals surface area contributed by atoms with Gasteiger partial charge in [0.05, 0.1) is 13.2 Å². The topological polar surface area (TPSA) is 95.3 Å². The standard InChI is InChI=1S/C6H10BrN3O3/c1-6(7,5(11)12)4-13-3-2-9-10-8/h2-4H2,1H3,(H,11,12). The Morgan fingerprint density at radius 2 is 2.46 bits per heavy atom. The third-order valence-corrected chi connectivity index (χ3v) is 1.79. The molecule has 0 fully saturated rings. The number of carbonyl (C=O) groups is 1. The average Bonchev–Trinajstić information content (AvgIpc) is 2.03. The van der Waals surface area contributed by atoms with Gasteiger partial charge in [-0.1, -0.05) is 21.0 Å². The first-order valence-corrected chi connectivity index (χ1v) is 4.31. The summed E-state index contributed by atoms with van der Waals surface area (Å²) in [6.45, 7) is 1.95. The molecule has 0 aliphatic rings. The van der Waals surface area contributed by atoms with Crippen LogP contribution in [0.15, 0.2) is 5.11 Å². The van der Waals surface area contributed by atoms with Crippen LogP contribution in [0.3, 0.4) is 0 Å². The molecule has 7 heteroatoms. The molecule has 1 atom stereocenters. The molecule has 1 unspecified atom stereocenters. The van der Waals surface area contributed by atoms with Gasteiger partial charge >= 0.3 is 5.97 Å². The van der Waals surface area contributed by atoms with Crippen molar-refractivity contribution in [3.05, 3.63) is 10.4 Å². The summed E-state index contributed by atoms with van der Waals surface area (Å²) in [6, 6.07) is 0. The summed E-state index contributed by atoms with van der Waals surface area (Å²) in [5, 5.41) is 11.9. The Balaban J connectivity index is 3.63. The molecular formula is C6H10BrN3O3. The molecule has 0 heterocycles. The van der Waals surface area contributed by atoms with Crippen LogP contribution in [-0.4, -0.2) is 35.2 Å². The number of halogens is 1. The van der Waals surface area contributed by atoms with Gasteiger partial charge in [0.15, 0.2) is 0 Å². The Labute approximate surface area is 83.6 Å². The van der Waals surface area contributed by atoms with Crippen LogP contribution in [0.1, 0.15) is 6.92 Å². The Morgan fingerprint density at radius 1 is 1.85 bits per heavy atom. The summed E-state index contributed by atoms with van der Waals surface area (Å²) in [5.74, 6) is -0.990. The Hall–Kier alpha value is -0.780. The van der Waals surface area contributed by atoms with Crippen molar-refractivity contribution in [3.63, 3.8) is 0 Å². The van der Waals surface area contributed by atoms with Crippen LogP contribution in [-0.2, 0) is 9.53 Å². The van der Waals surface area contributed by atoms with E-state index in [4.69, 9.17) is 15.4 Å². The lowest BCUT2D eigenvalue weighted by molar-refractivity contribution is -0.140. The van der Waals surface area contributed by atoms with Crippen LogP contribution >= 0.6 is 15.9 Å². The molecule has 0 aliphatic carbocycles. The van der Waals surface area contributed by atoms with E-state index in [0.29, 0.717) is 0 Å². The maximum atomic E-state index is 10.5. The number of hydrogen-bond donors (Lipinski definition) is 1. The second-order valence-corrected chi connectivity index (χ2v) is 4.26. The number of azide groups is 1. The maximum Gasteiger partial charge on any atom is 0.322 e. The normalized spacial score (nSPS) is 14.3. The molecule has 13 heavy (non-hydrogen) atoms. The molecule has 0 radical (unpaired) electrons. The van der Waals surface area contributed by atoms with E-state index in [1.807, 2.05) is 0 Å². The predicted molar refractivity (Wildman–Crippen MR) is 49.8 cm³/mol. The number of rotatable bonds is 6. The molecule has 6 nitrogen and oxygen atoms in total. The highest BCUT2D eigenvalue weighted by atomic mass is 79.9. The number of aliphatic carboxylic acids is 1. The molecule has 0 aliphatic heterocycles. The second kappa shape index (κ2) is 5.80. The van der Waals surface area contributed by atoms with Gasteiger partial charge in [-0.05, 0) is 12.5 Å². The summed E-state index contributed by atoms with van der Waals surface area (Å²) in [5.41, 5.74) is 7.91. The number of carboxylic acids is 1. The van der Waals surface area contributed by atoms with E-state index in [1.54, 1.807) is 0 Å². The van der Waals surface area contributed by atoms with Crippen molar-refractivity contribution in [2.75, 3.05) is 19.8 Å². The maximum absolute atomic E-state index is 10.5. The van der Waals surface area contributed by atoms with Gasteiger partial charge in [0.2, 0.25) is 0 Å². The quantitative estimate of drug-likeness (QED) is 0.255. The number of hydrogen-bond acceptors (Lipinski definition) is 3. The fourth-order valence-electron chi connectivity index (χ4n) is 0.476. The molecule has 0 amide bonds. The smallest absolute Gasteiger partial charge is 0.322 e. The molecule has 74 valence electrons. The van der Waals surface area contributed by atoms with E-state index in [9.17, 15) is 4.79 Å². The van der Waals surface area contributed by atoms with Gasteiger partial charge in [0.25, 0.3) is 0 Å². The van der Waals surface area contributed by atoms with Crippen LogP contribution in [0.25, 0.3) is 10.4 Å². The van der Waals surface area contributed by atoms with Crippen LogP contribution in [0.5, 0.6) is 0 Å². The zero-order valence-corrected chi connectivity index (χ0v) is 8.69. The van der Waals surface area contributed by atoms with Gasteiger partial charge in [-0.15, -0.1) is 0 Å². The van der Waals surface area contributed by atoms with E-state index in [-0.39, 0.29) is 19.8 Å². The number of nitrogens with zero attached hydrogens (tertiary/aromatic N) is 3. The third kappa shape index (κ3) is 5.46. The van der Waals surface area contributed by atoms with Crippen molar-refractivity contribution in [3.8, 4) is 0 Å². The van der Waals surface area contributed by atoms with Gasteiger partial charge in [0, 0.05) is 11.5 Å². The molecule has 0 rings (SSSR count). The molecule has 0 saturated heterocycles. The van der Waals surface area contributed by atoms with Gasteiger partial charge in [-0.3, -0.25) is 4.79 Å². The minimum absolute atomic E-state index is 0.0310. The SMILES string of the molecule is CC(Br)(COCCN=[N+]=[N-])C(=O)O. The number of alkyl halides is 1. The average molecular weight is 252 g/mol. The molecule has 0 aromatic rings. The second-order valence-electron chi connectivity index (χ2n) is 2.51. The van der Waals surface area contributed by atoms with E-state index in [1.165, 1.54) is 6.92 Å². The van der Waals surface area contributed by atoms with E-state index in [0.717, 1.165) is 0 Å². The third-order valence-electron chi connectivity index (χ3n) is 1.22. The zero-order chi connectivity index (χ0) is 10.3. The van der Waals surface area contributed by atoms with Crippen molar-refractivity contribution in [2.45, 2.75) is 11.2 Å².